The molecule has 1 aliphatic rings. The second-order valence-corrected chi connectivity index (χ2v) is 5.70. The van der Waals surface area contributed by atoms with Crippen LogP contribution in [0.3, 0.4) is 0 Å². The quantitative estimate of drug-likeness (QED) is 0.768. The maximum atomic E-state index is 6.29. The number of nitrogens with zero attached hydrogens (tertiary/aromatic N) is 1. The van der Waals surface area contributed by atoms with Crippen molar-refractivity contribution in [3.63, 3.8) is 0 Å². The number of anilines is 1. The molecule has 1 aromatic rings. The molecule has 0 bridgehead atoms. The fourth-order valence-electron chi connectivity index (χ4n) is 2.43. The Bertz CT molecular complexity index is 413. The molecule has 0 radical (unpaired) electrons. The van der Waals surface area contributed by atoms with Gasteiger partial charge in [0, 0.05) is 28.1 Å². The highest BCUT2D eigenvalue weighted by atomic mass is 79.9. The molecule has 2 unspecified atom stereocenters. The van der Waals surface area contributed by atoms with Crippen molar-refractivity contribution in [2.45, 2.75) is 37.7 Å². The molecule has 1 saturated heterocycles. The Morgan fingerprint density at radius 2 is 2.28 bits per heavy atom. The van der Waals surface area contributed by atoms with Crippen molar-refractivity contribution in [1.29, 1.82) is 0 Å². The van der Waals surface area contributed by atoms with Gasteiger partial charge in [-0.1, -0.05) is 40.5 Å². The zero-order valence-electron chi connectivity index (χ0n) is 10.8. The number of hydrogen-bond acceptors (Lipinski definition) is 2. The molecule has 0 aromatic heterocycles. The lowest BCUT2D eigenvalue weighted by molar-refractivity contribution is 0.0299. The van der Waals surface area contributed by atoms with Crippen LogP contribution in [0.4, 0.5) is 5.69 Å². The van der Waals surface area contributed by atoms with Crippen LogP contribution in [0, 0.1) is 0 Å². The third-order valence-electron chi connectivity index (χ3n) is 3.48. The third-order valence-corrected chi connectivity index (χ3v) is 4.39. The first-order valence-electron chi connectivity index (χ1n) is 6.39. The van der Waals surface area contributed by atoms with Crippen molar-refractivity contribution in [3.05, 3.63) is 28.8 Å². The predicted molar refractivity (Wildman–Crippen MR) is 80.9 cm³/mol. The lowest BCUT2D eigenvalue weighted by Gasteiger charge is -2.41. The second-order valence-electron chi connectivity index (χ2n) is 4.73. The first-order valence-corrected chi connectivity index (χ1v) is 7.88. The highest BCUT2D eigenvalue weighted by molar-refractivity contribution is 9.08. The van der Waals surface area contributed by atoms with Gasteiger partial charge < -0.3 is 9.64 Å². The summed E-state index contributed by atoms with van der Waals surface area (Å²) in [5, 5.41) is 1.61. The maximum Gasteiger partial charge on any atom is 0.0723 e. The van der Waals surface area contributed by atoms with Crippen molar-refractivity contribution < 1.29 is 4.74 Å². The van der Waals surface area contributed by atoms with Crippen LogP contribution in [0.1, 0.15) is 25.8 Å². The minimum Gasteiger partial charge on any atom is -0.375 e. The lowest BCUT2D eigenvalue weighted by Crippen LogP contribution is -2.49. The van der Waals surface area contributed by atoms with Crippen molar-refractivity contribution in [1.82, 2.24) is 0 Å². The number of halogens is 2. The maximum absolute atomic E-state index is 6.29. The van der Waals surface area contributed by atoms with E-state index in [9.17, 15) is 0 Å². The van der Waals surface area contributed by atoms with E-state index in [1.54, 1.807) is 0 Å². The summed E-state index contributed by atoms with van der Waals surface area (Å²) in [6.45, 7) is 6.05. The molecule has 2 rings (SSSR count). The summed E-state index contributed by atoms with van der Waals surface area (Å²) in [7, 11) is 0. The van der Waals surface area contributed by atoms with Gasteiger partial charge in [-0.05, 0) is 25.5 Å². The van der Waals surface area contributed by atoms with E-state index in [1.807, 2.05) is 12.1 Å². The van der Waals surface area contributed by atoms with Crippen molar-refractivity contribution >= 4 is 33.2 Å². The molecule has 0 amide bonds. The van der Waals surface area contributed by atoms with Crippen LogP contribution in [0.5, 0.6) is 0 Å². The Kier molecular flexibility index (Phi) is 4.93. The summed E-state index contributed by atoms with van der Waals surface area (Å²) in [5.41, 5.74) is 2.41. The van der Waals surface area contributed by atoms with Crippen molar-refractivity contribution in [2.75, 3.05) is 18.1 Å². The Labute approximate surface area is 122 Å². The van der Waals surface area contributed by atoms with Crippen LogP contribution in [0.2, 0.25) is 5.02 Å². The van der Waals surface area contributed by atoms with Crippen LogP contribution in [-0.4, -0.2) is 25.3 Å². The molecule has 100 valence electrons. The minimum absolute atomic E-state index is 0.273. The standard InChI is InChI=1S/C14H19BrClNO/c1-3-11-9-18-10(2)8-17(11)14-6-4-5-13(16)12(14)7-15/h4-6,10-11H,3,7-9H2,1-2H3. The zero-order chi connectivity index (χ0) is 13.1. The fraction of sp³-hybridized carbons (Fsp3) is 0.571. The SMILES string of the molecule is CCC1COC(C)CN1c1cccc(Cl)c1CBr. The van der Waals surface area contributed by atoms with E-state index < -0.39 is 0 Å². The van der Waals surface area contributed by atoms with E-state index in [0.717, 1.165) is 29.9 Å². The monoisotopic (exact) mass is 331 g/mol. The molecule has 0 aliphatic carbocycles. The molecule has 0 saturated carbocycles. The first kappa shape index (κ1) is 14.2. The molecule has 4 heteroatoms. The van der Waals surface area contributed by atoms with Gasteiger partial charge in [-0.15, -0.1) is 0 Å². The van der Waals surface area contributed by atoms with E-state index in [0.29, 0.717) is 6.04 Å². The highest BCUT2D eigenvalue weighted by Gasteiger charge is 2.27. The van der Waals surface area contributed by atoms with E-state index in [1.165, 1.54) is 11.3 Å². The largest absolute Gasteiger partial charge is 0.375 e. The van der Waals surface area contributed by atoms with Gasteiger partial charge in [-0.3, -0.25) is 0 Å². The molecule has 18 heavy (non-hydrogen) atoms. The van der Waals surface area contributed by atoms with Crippen LogP contribution >= 0.6 is 27.5 Å². The van der Waals surface area contributed by atoms with Crippen LogP contribution in [0.15, 0.2) is 18.2 Å². The first-order chi connectivity index (χ1) is 8.67. The van der Waals surface area contributed by atoms with E-state index >= 15 is 0 Å². The van der Waals surface area contributed by atoms with Crippen molar-refractivity contribution in [2.24, 2.45) is 0 Å². The summed E-state index contributed by atoms with van der Waals surface area (Å²) < 4.78 is 5.75. The fourth-order valence-corrected chi connectivity index (χ4v) is 3.41. The minimum atomic E-state index is 0.273. The number of alkyl halides is 1. The van der Waals surface area contributed by atoms with Gasteiger partial charge in [0.2, 0.25) is 0 Å². The molecule has 0 spiro atoms. The molecule has 0 N–H and O–H groups in total. The summed E-state index contributed by atoms with van der Waals surface area (Å²) in [5.74, 6) is 0. The van der Waals surface area contributed by atoms with E-state index in [4.69, 9.17) is 16.3 Å². The van der Waals surface area contributed by atoms with Gasteiger partial charge in [0.1, 0.15) is 0 Å². The number of benzene rings is 1. The van der Waals surface area contributed by atoms with Crippen LogP contribution < -0.4 is 4.90 Å². The molecule has 1 fully saturated rings. The van der Waals surface area contributed by atoms with E-state index in [2.05, 4.69) is 40.7 Å². The van der Waals surface area contributed by atoms with Crippen LogP contribution in [-0.2, 0) is 10.1 Å². The van der Waals surface area contributed by atoms with Crippen LogP contribution in [0.25, 0.3) is 0 Å². The third kappa shape index (κ3) is 2.84. The molecule has 1 aromatic carbocycles. The smallest absolute Gasteiger partial charge is 0.0723 e. The lowest BCUT2D eigenvalue weighted by atomic mass is 10.1. The average Bonchev–Trinajstić information content (AvgIpc) is 2.38. The van der Waals surface area contributed by atoms with Gasteiger partial charge in [-0.25, -0.2) is 0 Å². The summed E-state index contributed by atoms with van der Waals surface area (Å²) in [6, 6.07) is 6.57. The molecule has 1 heterocycles. The van der Waals surface area contributed by atoms with Gasteiger partial charge in [0.15, 0.2) is 0 Å². The average molecular weight is 333 g/mol. The number of rotatable bonds is 3. The highest BCUT2D eigenvalue weighted by Crippen LogP contribution is 2.32. The molecule has 2 atom stereocenters. The van der Waals surface area contributed by atoms with Crippen molar-refractivity contribution in [3.8, 4) is 0 Å². The summed E-state index contributed by atoms with van der Waals surface area (Å²) in [6.07, 6.45) is 1.36. The summed E-state index contributed by atoms with van der Waals surface area (Å²) >= 11 is 9.83. The molecule has 2 nitrogen and oxygen atoms in total. The Morgan fingerprint density at radius 1 is 1.50 bits per heavy atom. The Hall–Kier alpha value is -0.250. The zero-order valence-corrected chi connectivity index (χ0v) is 13.2. The number of ether oxygens (including phenoxy) is 1. The molecular weight excluding hydrogens is 314 g/mol. The normalized spacial score (nSPS) is 24.3. The topological polar surface area (TPSA) is 12.5 Å². The van der Waals surface area contributed by atoms with Gasteiger partial charge >= 0.3 is 0 Å². The molecular formula is C14H19BrClNO. The molecule has 1 aliphatic heterocycles. The Balaban J connectivity index is 2.36. The second kappa shape index (κ2) is 6.27. The van der Waals surface area contributed by atoms with E-state index in [-0.39, 0.29) is 6.10 Å². The van der Waals surface area contributed by atoms with Gasteiger partial charge in [0.05, 0.1) is 18.8 Å². The predicted octanol–water partition coefficient (Wildman–Crippen LogP) is 4.24. The summed E-state index contributed by atoms with van der Waals surface area (Å²) in [4.78, 5) is 2.44. The Morgan fingerprint density at radius 3 is 2.94 bits per heavy atom. The van der Waals surface area contributed by atoms with Gasteiger partial charge in [0.25, 0.3) is 0 Å². The number of hydrogen-bond donors (Lipinski definition) is 0. The number of morpholine rings is 1. The van der Waals surface area contributed by atoms with Gasteiger partial charge in [-0.2, -0.15) is 0 Å².